The summed E-state index contributed by atoms with van der Waals surface area (Å²) >= 11 is 0. The van der Waals surface area contributed by atoms with Gasteiger partial charge in [0.15, 0.2) is 17.4 Å². The Bertz CT molecular complexity index is 1570. The Morgan fingerprint density at radius 1 is 1.02 bits per heavy atom. The Morgan fingerprint density at radius 3 is 2.39 bits per heavy atom. The van der Waals surface area contributed by atoms with E-state index in [2.05, 4.69) is 10.3 Å². The average molecular weight is 565 g/mol. The van der Waals surface area contributed by atoms with E-state index in [1.54, 1.807) is 24.3 Å². The number of aryl methyl sites for hydroxylation is 1. The van der Waals surface area contributed by atoms with Gasteiger partial charge in [0, 0.05) is 36.2 Å². The molecule has 4 aromatic rings. The Morgan fingerprint density at radius 2 is 1.71 bits per heavy atom. The Labute approximate surface area is 234 Å². The van der Waals surface area contributed by atoms with E-state index in [-0.39, 0.29) is 18.2 Å². The van der Waals surface area contributed by atoms with Gasteiger partial charge >= 0.3 is 5.97 Å². The van der Waals surface area contributed by atoms with Crippen LogP contribution in [-0.2, 0) is 17.6 Å². The van der Waals surface area contributed by atoms with E-state index in [0.29, 0.717) is 36.3 Å². The second-order valence-electron chi connectivity index (χ2n) is 9.31. The van der Waals surface area contributed by atoms with Crippen molar-refractivity contribution in [3.05, 3.63) is 119 Å². The Balaban J connectivity index is 1.32. The van der Waals surface area contributed by atoms with Crippen molar-refractivity contribution in [2.45, 2.75) is 32.7 Å². The number of ether oxygens (including phenoxy) is 1. The molecule has 0 aliphatic carbocycles. The summed E-state index contributed by atoms with van der Waals surface area (Å²) < 4.78 is 52.1. The van der Waals surface area contributed by atoms with Crippen molar-refractivity contribution < 1.29 is 37.0 Å². The van der Waals surface area contributed by atoms with Crippen molar-refractivity contribution in [1.29, 1.82) is 0 Å². The number of carbonyl (C=O) groups is 2. The molecule has 0 saturated heterocycles. The highest BCUT2D eigenvalue weighted by Gasteiger charge is 2.20. The first-order chi connectivity index (χ1) is 19.6. The molecule has 1 heterocycles. The van der Waals surface area contributed by atoms with E-state index in [9.17, 15) is 27.9 Å². The van der Waals surface area contributed by atoms with Crippen LogP contribution in [-0.4, -0.2) is 34.5 Å². The molecule has 1 aromatic heterocycles. The summed E-state index contributed by atoms with van der Waals surface area (Å²) in [7, 11) is 0. The molecule has 3 aromatic carbocycles. The topological polar surface area (TPSA) is 102 Å². The van der Waals surface area contributed by atoms with Crippen LogP contribution in [0.5, 0.6) is 5.75 Å². The number of hydrogen-bond donors (Lipinski definition) is 2. The van der Waals surface area contributed by atoms with Crippen molar-refractivity contribution >= 4 is 11.8 Å². The maximum Gasteiger partial charge on any atom is 0.326 e. The van der Waals surface area contributed by atoms with Crippen LogP contribution in [0.4, 0.5) is 13.2 Å². The van der Waals surface area contributed by atoms with Gasteiger partial charge in [0.2, 0.25) is 5.89 Å². The smallest absolute Gasteiger partial charge is 0.326 e. The first-order valence-corrected chi connectivity index (χ1v) is 12.7. The number of ketones is 1. The minimum atomic E-state index is -1.41. The number of carbonyl (C=O) groups excluding carboxylic acids is 1. The van der Waals surface area contributed by atoms with Gasteiger partial charge in [-0.3, -0.25) is 4.79 Å². The summed E-state index contributed by atoms with van der Waals surface area (Å²) in [4.78, 5) is 28.7. The molecule has 4 rings (SSSR count). The van der Waals surface area contributed by atoms with Crippen molar-refractivity contribution in [3.8, 4) is 17.2 Å². The van der Waals surface area contributed by atoms with Crippen LogP contribution in [0.15, 0.2) is 82.9 Å². The van der Waals surface area contributed by atoms with Crippen molar-refractivity contribution in [2.75, 3.05) is 6.61 Å². The van der Waals surface area contributed by atoms with Gasteiger partial charge in [-0.25, -0.2) is 22.9 Å². The van der Waals surface area contributed by atoms with Gasteiger partial charge in [0.25, 0.3) is 0 Å². The van der Waals surface area contributed by atoms with Crippen molar-refractivity contribution in [3.63, 3.8) is 0 Å². The summed E-state index contributed by atoms with van der Waals surface area (Å²) in [6, 6.07) is 16.1. The van der Waals surface area contributed by atoms with Gasteiger partial charge in [0.1, 0.15) is 23.4 Å². The lowest BCUT2D eigenvalue weighted by molar-refractivity contribution is -0.139. The summed E-state index contributed by atoms with van der Waals surface area (Å²) in [6.45, 7) is 3.63. The van der Waals surface area contributed by atoms with E-state index in [1.807, 2.05) is 37.3 Å². The quantitative estimate of drug-likeness (QED) is 0.123. The summed E-state index contributed by atoms with van der Waals surface area (Å²) in [5.74, 6) is -4.25. The van der Waals surface area contributed by atoms with E-state index in [0.717, 1.165) is 23.1 Å². The molecule has 41 heavy (non-hydrogen) atoms. The predicted octanol–water partition coefficient (Wildman–Crippen LogP) is 6.06. The standard InChI is InChI=1S/C31H27F3N2O5/c1-18(14-29(37)23-16-25(33)26(34)17-24(23)32)35-28(31(38)39)15-20-8-10-22(11-9-20)40-13-12-27-19(2)41-30(36-27)21-6-4-3-5-7-21/h3-11,14,16-17,28,35H,12-13,15H2,1-2H3,(H,38,39)/b18-14+/t28-/m0/s1. The third-order valence-corrected chi connectivity index (χ3v) is 6.21. The highest BCUT2D eigenvalue weighted by atomic mass is 19.2. The molecule has 0 unspecified atom stereocenters. The molecule has 212 valence electrons. The zero-order valence-corrected chi connectivity index (χ0v) is 22.3. The van der Waals surface area contributed by atoms with Gasteiger partial charge in [-0.05, 0) is 49.7 Å². The molecule has 0 spiro atoms. The zero-order valence-electron chi connectivity index (χ0n) is 22.3. The minimum Gasteiger partial charge on any atom is -0.493 e. The van der Waals surface area contributed by atoms with Crippen LogP contribution >= 0.6 is 0 Å². The highest BCUT2D eigenvalue weighted by molar-refractivity contribution is 6.05. The van der Waals surface area contributed by atoms with E-state index < -0.39 is 40.8 Å². The maximum atomic E-state index is 13.9. The number of benzene rings is 3. The summed E-state index contributed by atoms with van der Waals surface area (Å²) in [5.41, 5.74) is 1.82. The molecular weight excluding hydrogens is 537 g/mol. The monoisotopic (exact) mass is 564 g/mol. The lowest BCUT2D eigenvalue weighted by atomic mass is 10.0. The third kappa shape index (κ3) is 7.63. The van der Waals surface area contributed by atoms with Gasteiger partial charge in [-0.15, -0.1) is 0 Å². The number of aromatic nitrogens is 1. The second-order valence-corrected chi connectivity index (χ2v) is 9.31. The molecule has 1 atom stereocenters. The lowest BCUT2D eigenvalue weighted by Gasteiger charge is -2.16. The van der Waals surface area contributed by atoms with Gasteiger partial charge < -0.3 is 19.6 Å². The summed E-state index contributed by atoms with van der Waals surface area (Å²) in [5, 5.41) is 12.4. The fourth-order valence-electron chi connectivity index (χ4n) is 4.09. The summed E-state index contributed by atoms with van der Waals surface area (Å²) in [6.07, 6.45) is 1.53. The van der Waals surface area contributed by atoms with E-state index >= 15 is 0 Å². The number of aliphatic carboxylic acids is 1. The molecule has 0 aliphatic rings. The first kappa shape index (κ1) is 29.1. The molecule has 0 amide bonds. The van der Waals surface area contributed by atoms with Crippen LogP contribution in [0.25, 0.3) is 11.5 Å². The zero-order chi connectivity index (χ0) is 29.5. The Hall–Kier alpha value is -4.86. The first-order valence-electron chi connectivity index (χ1n) is 12.7. The molecule has 0 fully saturated rings. The number of carboxylic acids is 1. The minimum absolute atomic E-state index is 0.0644. The number of nitrogens with zero attached hydrogens (tertiary/aromatic N) is 1. The molecule has 7 nitrogen and oxygen atoms in total. The SMILES string of the molecule is C/C(=C\C(=O)c1cc(F)c(F)cc1F)N[C@@H](Cc1ccc(OCCc2nc(-c3ccccc3)oc2C)cc1)C(=O)O. The van der Waals surface area contributed by atoms with Crippen LogP contribution in [0.2, 0.25) is 0 Å². The van der Waals surface area contributed by atoms with Crippen molar-refractivity contribution in [2.24, 2.45) is 0 Å². The number of carboxylic acid groups (broad SMARTS) is 1. The van der Waals surface area contributed by atoms with Gasteiger partial charge in [-0.2, -0.15) is 0 Å². The maximum absolute atomic E-state index is 13.9. The predicted molar refractivity (Wildman–Crippen MR) is 145 cm³/mol. The fraction of sp³-hybridized carbons (Fsp3) is 0.194. The molecule has 2 N–H and O–H groups in total. The average Bonchev–Trinajstić information content (AvgIpc) is 3.31. The van der Waals surface area contributed by atoms with Crippen LogP contribution in [0.3, 0.4) is 0 Å². The highest BCUT2D eigenvalue weighted by Crippen LogP contribution is 2.22. The fourth-order valence-corrected chi connectivity index (χ4v) is 4.09. The van der Waals surface area contributed by atoms with Crippen molar-refractivity contribution in [1.82, 2.24) is 10.3 Å². The molecule has 0 aliphatic heterocycles. The normalized spacial score (nSPS) is 12.2. The molecular formula is C31H27F3N2O5. The van der Waals surface area contributed by atoms with E-state index in [1.165, 1.54) is 6.92 Å². The number of halogens is 3. The van der Waals surface area contributed by atoms with Crippen LogP contribution < -0.4 is 10.1 Å². The Kier molecular flexibility index (Phi) is 9.23. The third-order valence-electron chi connectivity index (χ3n) is 6.21. The lowest BCUT2D eigenvalue weighted by Crippen LogP contribution is -2.37. The number of rotatable bonds is 12. The number of oxazole rings is 1. The van der Waals surface area contributed by atoms with Crippen LogP contribution in [0, 0.1) is 24.4 Å². The molecule has 0 radical (unpaired) electrons. The van der Waals surface area contributed by atoms with Gasteiger partial charge in [-0.1, -0.05) is 30.3 Å². The largest absolute Gasteiger partial charge is 0.493 e. The second kappa shape index (κ2) is 13.0. The van der Waals surface area contributed by atoms with E-state index in [4.69, 9.17) is 9.15 Å². The van der Waals surface area contributed by atoms with Crippen LogP contribution in [0.1, 0.15) is 34.3 Å². The molecule has 10 heteroatoms. The molecule has 0 saturated carbocycles. The van der Waals surface area contributed by atoms with Gasteiger partial charge in [0.05, 0.1) is 17.9 Å². The number of hydrogen-bond acceptors (Lipinski definition) is 6. The number of allylic oxidation sites excluding steroid dienone is 2. The molecule has 0 bridgehead atoms. The number of nitrogens with one attached hydrogen (secondary N) is 1.